The monoisotopic (exact) mass is 265 g/mol. The van der Waals surface area contributed by atoms with E-state index < -0.39 is 18.1 Å². The molecule has 7 nitrogen and oxygen atoms in total. The van der Waals surface area contributed by atoms with Crippen molar-refractivity contribution < 1.29 is 19.8 Å². The van der Waals surface area contributed by atoms with Crippen molar-refractivity contribution in [2.45, 2.75) is 18.9 Å². The molecular formula is C12H15N3O4. The van der Waals surface area contributed by atoms with Crippen LogP contribution in [0.15, 0.2) is 18.3 Å². The number of hydrogen-bond donors (Lipinski definition) is 3. The number of carbonyl (C=O) groups excluding carboxylic acids is 1. The van der Waals surface area contributed by atoms with Crippen LogP contribution in [0.25, 0.3) is 0 Å². The van der Waals surface area contributed by atoms with Crippen LogP contribution in [0.5, 0.6) is 0 Å². The highest BCUT2D eigenvalue weighted by Crippen LogP contribution is 2.15. The van der Waals surface area contributed by atoms with Crippen molar-refractivity contribution in [2.24, 2.45) is 0 Å². The van der Waals surface area contributed by atoms with E-state index in [0.29, 0.717) is 13.0 Å². The average Bonchev–Trinajstić information content (AvgIpc) is 2.39. The van der Waals surface area contributed by atoms with Gasteiger partial charge in [0.1, 0.15) is 0 Å². The number of hydrogen-bond acceptors (Lipinski definition) is 4. The van der Waals surface area contributed by atoms with Crippen LogP contribution in [0.1, 0.15) is 23.3 Å². The standard InChI is InChI=1S/C12H15N3O4/c16-8-3-2-6-15(7-8)12(19)14-9-4-1-5-13-10(9)11(17)18/h1,4-5,8,16H,2-3,6-7H2,(H,14,19)(H,17,18). The molecule has 3 N–H and O–H groups in total. The van der Waals surface area contributed by atoms with E-state index in [2.05, 4.69) is 10.3 Å². The first kappa shape index (κ1) is 13.3. The lowest BCUT2D eigenvalue weighted by molar-refractivity contribution is 0.0691. The molecule has 2 rings (SSSR count). The maximum absolute atomic E-state index is 12.0. The van der Waals surface area contributed by atoms with Crippen molar-refractivity contribution in [3.05, 3.63) is 24.0 Å². The highest BCUT2D eigenvalue weighted by Gasteiger charge is 2.23. The molecule has 0 saturated carbocycles. The van der Waals surface area contributed by atoms with Crippen molar-refractivity contribution in [2.75, 3.05) is 18.4 Å². The van der Waals surface area contributed by atoms with Gasteiger partial charge >= 0.3 is 12.0 Å². The van der Waals surface area contributed by atoms with E-state index in [0.717, 1.165) is 6.42 Å². The van der Waals surface area contributed by atoms with Gasteiger partial charge in [0.15, 0.2) is 5.69 Å². The zero-order valence-corrected chi connectivity index (χ0v) is 10.2. The van der Waals surface area contributed by atoms with Crippen molar-refractivity contribution in [3.8, 4) is 0 Å². The fourth-order valence-corrected chi connectivity index (χ4v) is 2.01. The Morgan fingerprint density at radius 1 is 1.47 bits per heavy atom. The summed E-state index contributed by atoms with van der Waals surface area (Å²) in [6.07, 6.45) is 2.24. The van der Waals surface area contributed by atoms with Gasteiger partial charge in [-0.05, 0) is 25.0 Å². The number of aromatic carboxylic acids is 1. The molecule has 0 aromatic carbocycles. The Balaban J connectivity index is 2.08. The van der Waals surface area contributed by atoms with E-state index in [1.165, 1.54) is 17.2 Å². The van der Waals surface area contributed by atoms with Gasteiger partial charge in [0.2, 0.25) is 0 Å². The molecule has 102 valence electrons. The Bertz CT molecular complexity index is 492. The van der Waals surface area contributed by atoms with Crippen LogP contribution in [0, 0.1) is 0 Å². The van der Waals surface area contributed by atoms with Gasteiger partial charge in [-0.15, -0.1) is 0 Å². The zero-order chi connectivity index (χ0) is 13.8. The number of carboxylic acid groups (broad SMARTS) is 1. The molecular weight excluding hydrogens is 250 g/mol. The number of rotatable bonds is 2. The number of likely N-dealkylation sites (tertiary alicyclic amines) is 1. The van der Waals surface area contributed by atoms with E-state index in [9.17, 15) is 14.7 Å². The van der Waals surface area contributed by atoms with E-state index in [4.69, 9.17) is 5.11 Å². The number of β-amino-alcohol motifs (C(OH)–C–C–N with tert-alkyl or cyclic N) is 1. The smallest absolute Gasteiger partial charge is 0.356 e. The summed E-state index contributed by atoms with van der Waals surface area (Å²) in [7, 11) is 0. The predicted octanol–water partition coefficient (Wildman–Crippen LogP) is 0.768. The highest BCUT2D eigenvalue weighted by molar-refractivity contribution is 5.98. The number of urea groups is 1. The van der Waals surface area contributed by atoms with Gasteiger partial charge in [-0.3, -0.25) is 0 Å². The largest absolute Gasteiger partial charge is 0.476 e. The number of carboxylic acids is 1. The molecule has 1 aromatic rings. The van der Waals surface area contributed by atoms with Crippen LogP contribution >= 0.6 is 0 Å². The summed E-state index contributed by atoms with van der Waals surface area (Å²) in [5.41, 5.74) is -0.0477. The van der Waals surface area contributed by atoms with Crippen LogP contribution in [0.2, 0.25) is 0 Å². The van der Waals surface area contributed by atoms with Gasteiger partial charge in [-0.1, -0.05) is 0 Å². The Kier molecular flexibility index (Phi) is 3.96. The van der Waals surface area contributed by atoms with Gasteiger partial charge in [0, 0.05) is 19.3 Å². The second-order valence-corrected chi connectivity index (χ2v) is 4.38. The lowest BCUT2D eigenvalue weighted by atomic mass is 10.1. The van der Waals surface area contributed by atoms with Crippen LogP contribution in [-0.2, 0) is 0 Å². The topological polar surface area (TPSA) is 103 Å². The summed E-state index contributed by atoms with van der Waals surface area (Å²) >= 11 is 0. The van der Waals surface area contributed by atoms with Gasteiger partial charge in [-0.2, -0.15) is 0 Å². The summed E-state index contributed by atoms with van der Waals surface area (Å²) in [6, 6.07) is 2.61. The number of aromatic nitrogens is 1. The van der Waals surface area contributed by atoms with Crippen molar-refractivity contribution in [1.29, 1.82) is 0 Å². The number of nitrogens with zero attached hydrogens (tertiary/aromatic N) is 2. The van der Waals surface area contributed by atoms with Crippen LogP contribution < -0.4 is 5.32 Å². The molecule has 2 heterocycles. The average molecular weight is 265 g/mol. The van der Waals surface area contributed by atoms with E-state index in [1.807, 2.05) is 0 Å². The maximum Gasteiger partial charge on any atom is 0.356 e. The highest BCUT2D eigenvalue weighted by atomic mass is 16.4. The molecule has 0 radical (unpaired) electrons. The molecule has 2 amide bonds. The third-order valence-corrected chi connectivity index (χ3v) is 2.94. The van der Waals surface area contributed by atoms with E-state index >= 15 is 0 Å². The van der Waals surface area contributed by atoms with Gasteiger partial charge in [0.25, 0.3) is 0 Å². The van der Waals surface area contributed by atoms with E-state index in [1.54, 1.807) is 6.07 Å². The Hall–Kier alpha value is -2.15. The van der Waals surface area contributed by atoms with Crippen LogP contribution in [-0.4, -0.2) is 51.3 Å². The number of pyridine rings is 1. The molecule has 1 fully saturated rings. The summed E-state index contributed by atoms with van der Waals surface area (Å²) < 4.78 is 0. The first-order valence-corrected chi connectivity index (χ1v) is 6.00. The molecule has 1 aliphatic heterocycles. The molecule has 7 heteroatoms. The van der Waals surface area contributed by atoms with Gasteiger partial charge < -0.3 is 20.4 Å². The first-order valence-electron chi connectivity index (χ1n) is 6.00. The summed E-state index contributed by atoms with van der Waals surface area (Å²) in [5.74, 6) is -1.20. The molecule has 1 saturated heterocycles. The van der Waals surface area contributed by atoms with Crippen molar-refractivity contribution in [1.82, 2.24) is 9.88 Å². The molecule has 19 heavy (non-hydrogen) atoms. The van der Waals surface area contributed by atoms with Gasteiger partial charge in [-0.25, -0.2) is 14.6 Å². The molecule has 1 aliphatic rings. The lowest BCUT2D eigenvalue weighted by Gasteiger charge is -2.30. The molecule has 0 aliphatic carbocycles. The molecule has 0 spiro atoms. The minimum Gasteiger partial charge on any atom is -0.476 e. The SMILES string of the molecule is O=C(O)c1ncccc1NC(=O)N1CCCC(O)C1. The summed E-state index contributed by atoms with van der Waals surface area (Å²) in [6.45, 7) is 0.806. The fraction of sp³-hybridized carbons (Fsp3) is 0.417. The lowest BCUT2D eigenvalue weighted by Crippen LogP contribution is -2.44. The third kappa shape index (κ3) is 3.19. The number of amides is 2. The fourth-order valence-electron chi connectivity index (χ4n) is 2.01. The Morgan fingerprint density at radius 2 is 2.26 bits per heavy atom. The maximum atomic E-state index is 12.0. The molecule has 0 bridgehead atoms. The molecule has 1 atom stereocenters. The number of aliphatic hydroxyl groups is 1. The van der Waals surface area contributed by atoms with Gasteiger partial charge in [0.05, 0.1) is 11.8 Å². The predicted molar refractivity (Wildman–Crippen MR) is 67.0 cm³/mol. The second-order valence-electron chi connectivity index (χ2n) is 4.38. The molecule has 1 aromatic heterocycles. The van der Waals surface area contributed by atoms with Crippen LogP contribution in [0.3, 0.4) is 0 Å². The minimum absolute atomic E-state index is 0.153. The third-order valence-electron chi connectivity index (χ3n) is 2.94. The number of anilines is 1. The number of nitrogens with one attached hydrogen (secondary N) is 1. The minimum atomic E-state index is -1.20. The summed E-state index contributed by atoms with van der Waals surface area (Å²) in [4.78, 5) is 28.1. The zero-order valence-electron chi connectivity index (χ0n) is 10.2. The Morgan fingerprint density at radius 3 is 2.95 bits per heavy atom. The van der Waals surface area contributed by atoms with Crippen LogP contribution in [0.4, 0.5) is 10.5 Å². The van der Waals surface area contributed by atoms with Crippen molar-refractivity contribution in [3.63, 3.8) is 0 Å². The Labute approximate surface area is 109 Å². The van der Waals surface area contributed by atoms with E-state index in [-0.39, 0.29) is 17.9 Å². The second kappa shape index (κ2) is 5.66. The van der Waals surface area contributed by atoms with Crippen molar-refractivity contribution >= 4 is 17.7 Å². The normalized spacial score (nSPS) is 19.0. The first-order chi connectivity index (χ1) is 9.08. The molecule has 1 unspecified atom stereocenters. The quantitative estimate of drug-likeness (QED) is 0.732. The number of aliphatic hydroxyl groups excluding tert-OH is 1. The number of carbonyl (C=O) groups is 2. The number of piperidine rings is 1. The summed E-state index contributed by atoms with van der Waals surface area (Å²) in [5, 5.41) is 21.0.